The van der Waals surface area contributed by atoms with Crippen molar-refractivity contribution >= 4 is 11.0 Å². The SMILES string of the molecule is c1cc(-c2c[nH]c3nccc(Oc4ccc5c(c4)CNCC5)c23)ccn1. The molecule has 0 aliphatic carbocycles. The Labute approximate surface area is 151 Å². The molecule has 0 fully saturated rings. The number of ether oxygens (including phenoxy) is 1. The third-order valence-electron chi connectivity index (χ3n) is 4.82. The number of benzene rings is 1. The van der Waals surface area contributed by atoms with E-state index < -0.39 is 0 Å². The van der Waals surface area contributed by atoms with Crippen molar-refractivity contribution in [3.8, 4) is 22.6 Å². The zero-order chi connectivity index (χ0) is 17.3. The van der Waals surface area contributed by atoms with Crippen molar-refractivity contribution in [1.29, 1.82) is 0 Å². The summed E-state index contributed by atoms with van der Waals surface area (Å²) in [5.41, 5.74) is 5.66. The topological polar surface area (TPSA) is 62.8 Å². The molecule has 1 aliphatic heterocycles. The molecule has 0 bridgehead atoms. The molecule has 0 amide bonds. The second kappa shape index (κ2) is 6.28. The van der Waals surface area contributed by atoms with Gasteiger partial charge in [-0.2, -0.15) is 0 Å². The van der Waals surface area contributed by atoms with Crippen LogP contribution >= 0.6 is 0 Å². The van der Waals surface area contributed by atoms with E-state index in [1.807, 2.05) is 24.4 Å². The Morgan fingerprint density at radius 3 is 2.81 bits per heavy atom. The lowest BCUT2D eigenvalue weighted by Gasteiger charge is -2.18. The lowest BCUT2D eigenvalue weighted by Crippen LogP contribution is -2.23. The van der Waals surface area contributed by atoms with Gasteiger partial charge in [0.2, 0.25) is 0 Å². The lowest BCUT2D eigenvalue weighted by atomic mass is 10.0. The molecule has 4 heterocycles. The van der Waals surface area contributed by atoms with Crippen LogP contribution in [0.1, 0.15) is 11.1 Å². The fourth-order valence-corrected chi connectivity index (χ4v) is 3.52. The summed E-state index contributed by atoms with van der Waals surface area (Å²) in [5, 5.41) is 4.39. The number of hydrogen-bond donors (Lipinski definition) is 2. The van der Waals surface area contributed by atoms with Crippen molar-refractivity contribution < 1.29 is 4.74 Å². The largest absolute Gasteiger partial charge is 0.457 e. The predicted octanol–water partition coefficient (Wildman–Crippen LogP) is 4.06. The van der Waals surface area contributed by atoms with Crippen molar-refractivity contribution in [3.05, 3.63) is 72.3 Å². The van der Waals surface area contributed by atoms with Gasteiger partial charge in [0.25, 0.3) is 0 Å². The summed E-state index contributed by atoms with van der Waals surface area (Å²) in [5.74, 6) is 1.65. The summed E-state index contributed by atoms with van der Waals surface area (Å²) in [6.45, 7) is 1.93. The van der Waals surface area contributed by atoms with Crippen LogP contribution in [0.4, 0.5) is 0 Å². The lowest BCUT2D eigenvalue weighted by molar-refractivity contribution is 0.485. The maximum Gasteiger partial charge on any atom is 0.141 e. The van der Waals surface area contributed by atoms with E-state index >= 15 is 0 Å². The number of fused-ring (bicyclic) bond motifs is 2. The molecule has 0 atom stereocenters. The van der Waals surface area contributed by atoms with Gasteiger partial charge in [0.1, 0.15) is 17.1 Å². The zero-order valence-electron chi connectivity index (χ0n) is 14.2. The molecule has 1 aliphatic rings. The number of rotatable bonds is 3. The second-order valence-corrected chi connectivity index (χ2v) is 6.43. The van der Waals surface area contributed by atoms with E-state index in [1.165, 1.54) is 11.1 Å². The Balaban J connectivity index is 1.58. The van der Waals surface area contributed by atoms with Gasteiger partial charge in [0, 0.05) is 36.9 Å². The molecule has 1 aromatic carbocycles. The minimum absolute atomic E-state index is 0.798. The molecule has 0 spiro atoms. The number of nitrogens with zero attached hydrogens (tertiary/aromatic N) is 2. The van der Waals surface area contributed by atoms with Crippen molar-refractivity contribution in [2.45, 2.75) is 13.0 Å². The highest BCUT2D eigenvalue weighted by Gasteiger charge is 2.14. The van der Waals surface area contributed by atoms with E-state index in [9.17, 15) is 0 Å². The Morgan fingerprint density at radius 1 is 0.962 bits per heavy atom. The first-order valence-electron chi connectivity index (χ1n) is 8.75. The van der Waals surface area contributed by atoms with Gasteiger partial charge < -0.3 is 15.0 Å². The number of hydrogen-bond acceptors (Lipinski definition) is 4. The quantitative estimate of drug-likeness (QED) is 0.589. The molecule has 0 radical (unpaired) electrons. The number of aromatic amines is 1. The Morgan fingerprint density at radius 2 is 1.88 bits per heavy atom. The molecule has 3 aromatic heterocycles. The molecule has 4 aromatic rings. The zero-order valence-corrected chi connectivity index (χ0v) is 14.2. The van der Waals surface area contributed by atoms with Gasteiger partial charge in [-0.25, -0.2) is 4.98 Å². The van der Waals surface area contributed by atoms with Crippen LogP contribution in [-0.4, -0.2) is 21.5 Å². The van der Waals surface area contributed by atoms with Crippen LogP contribution in [0.25, 0.3) is 22.2 Å². The Bertz CT molecular complexity index is 1070. The highest BCUT2D eigenvalue weighted by molar-refractivity contribution is 5.98. The number of nitrogens with one attached hydrogen (secondary N) is 2. The van der Waals surface area contributed by atoms with Crippen LogP contribution in [0.5, 0.6) is 11.5 Å². The molecule has 2 N–H and O–H groups in total. The number of pyridine rings is 2. The van der Waals surface area contributed by atoms with Crippen LogP contribution in [-0.2, 0) is 13.0 Å². The monoisotopic (exact) mass is 342 g/mol. The summed E-state index contributed by atoms with van der Waals surface area (Å²) in [6.07, 6.45) is 8.39. The third-order valence-corrected chi connectivity index (χ3v) is 4.82. The van der Waals surface area contributed by atoms with Gasteiger partial charge in [-0.1, -0.05) is 6.07 Å². The molecule has 128 valence electrons. The molecule has 0 saturated heterocycles. The fraction of sp³-hybridized carbons (Fsp3) is 0.143. The number of aromatic nitrogens is 3. The average molecular weight is 342 g/mol. The first-order chi connectivity index (χ1) is 12.9. The van der Waals surface area contributed by atoms with Gasteiger partial charge in [-0.3, -0.25) is 4.98 Å². The van der Waals surface area contributed by atoms with E-state index in [0.717, 1.165) is 53.2 Å². The van der Waals surface area contributed by atoms with E-state index in [1.54, 1.807) is 18.6 Å². The highest BCUT2D eigenvalue weighted by Crippen LogP contribution is 2.36. The van der Waals surface area contributed by atoms with Gasteiger partial charge in [-0.05, 0) is 60.0 Å². The van der Waals surface area contributed by atoms with Gasteiger partial charge >= 0.3 is 0 Å². The van der Waals surface area contributed by atoms with Crippen molar-refractivity contribution in [3.63, 3.8) is 0 Å². The van der Waals surface area contributed by atoms with E-state index in [0.29, 0.717) is 0 Å². The van der Waals surface area contributed by atoms with E-state index in [2.05, 4.69) is 38.5 Å². The van der Waals surface area contributed by atoms with Crippen molar-refractivity contribution in [1.82, 2.24) is 20.3 Å². The summed E-state index contributed by atoms with van der Waals surface area (Å²) in [4.78, 5) is 11.8. The van der Waals surface area contributed by atoms with E-state index in [-0.39, 0.29) is 0 Å². The molecule has 0 unspecified atom stereocenters. The van der Waals surface area contributed by atoms with Gasteiger partial charge in [0.05, 0.1) is 5.39 Å². The second-order valence-electron chi connectivity index (χ2n) is 6.43. The van der Waals surface area contributed by atoms with Gasteiger partial charge in [-0.15, -0.1) is 0 Å². The van der Waals surface area contributed by atoms with Crippen LogP contribution < -0.4 is 10.1 Å². The van der Waals surface area contributed by atoms with Crippen LogP contribution in [0, 0.1) is 0 Å². The molecule has 26 heavy (non-hydrogen) atoms. The molecule has 5 nitrogen and oxygen atoms in total. The van der Waals surface area contributed by atoms with Crippen LogP contribution in [0.3, 0.4) is 0 Å². The molecule has 5 heteroatoms. The predicted molar refractivity (Wildman–Crippen MR) is 101 cm³/mol. The maximum absolute atomic E-state index is 6.27. The van der Waals surface area contributed by atoms with Gasteiger partial charge in [0.15, 0.2) is 0 Å². The first kappa shape index (κ1) is 15.1. The normalized spacial score (nSPS) is 13.5. The molecular weight excluding hydrogens is 324 g/mol. The summed E-state index contributed by atoms with van der Waals surface area (Å²) in [7, 11) is 0. The highest BCUT2D eigenvalue weighted by atomic mass is 16.5. The Kier molecular flexibility index (Phi) is 3.65. The maximum atomic E-state index is 6.27. The van der Waals surface area contributed by atoms with E-state index in [4.69, 9.17) is 4.74 Å². The first-order valence-corrected chi connectivity index (χ1v) is 8.75. The average Bonchev–Trinajstić information content (AvgIpc) is 3.14. The molecule has 0 saturated carbocycles. The third kappa shape index (κ3) is 2.62. The molecule has 5 rings (SSSR count). The summed E-state index contributed by atoms with van der Waals surface area (Å²) >= 11 is 0. The standard InChI is InChI=1S/C21H18N4O/c1-2-17(11-16-12-23-9-3-14(1)16)26-19-6-10-24-21-20(19)18(13-25-21)15-4-7-22-8-5-15/h1-2,4-8,10-11,13,23H,3,9,12H2,(H,24,25). The minimum Gasteiger partial charge on any atom is -0.457 e. The number of H-pyrrole nitrogens is 1. The van der Waals surface area contributed by atoms with Crippen molar-refractivity contribution in [2.75, 3.05) is 6.54 Å². The summed E-state index contributed by atoms with van der Waals surface area (Å²) in [6, 6.07) is 12.2. The minimum atomic E-state index is 0.798. The smallest absolute Gasteiger partial charge is 0.141 e. The Hall–Kier alpha value is -3.18. The molecular formula is C21H18N4O. The van der Waals surface area contributed by atoms with Crippen molar-refractivity contribution in [2.24, 2.45) is 0 Å². The summed E-state index contributed by atoms with van der Waals surface area (Å²) < 4.78 is 6.27. The fourth-order valence-electron chi connectivity index (χ4n) is 3.52. The van der Waals surface area contributed by atoms with Crippen LogP contribution in [0.2, 0.25) is 0 Å². The van der Waals surface area contributed by atoms with Crippen LogP contribution in [0.15, 0.2) is 61.2 Å².